The molecule has 0 spiro atoms. The first-order chi connectivity index (χ1) is 7.26. The fourth-order valence-corrected chi connectivity index (χ4v) is 2.27. The van der Waals surface area contributed by atoms with Crippen molar-refractivity contribution in [3.63, 3.8) is 0 Å². The van der Waals surface area contributed by atoms with Crippen LogP contribution in [-0.4, -0.2) is 37.6 Å². The normalized spacial score (nSPS) is 24.5. The molecule has 1 aliphatic heterocycles. The van der Waals surface area contributed by atoms with Crippen LogP contribution in [0.5, 0.6) is 0 Å². The van der Waals surface area contributed by atoms with Gasteiger partial charge in [0.05, 0.1) is 0 Å². The van der Waals surface area contributed by atoms with Gasteiger partial charge in [0.1, 0.15) is 0 Å². The van der Waals surface area contributed by atoms with Crippen molar-refractivity contribution < 1.29 is 0 Å². The Morgan fingerprint density at radius 2 is 2.40 bits per heavy atom. The van der Waals surface area contributed by atoms with Crippen LogP contribution in [0.4, 0.5) is 0 Å². The molecule has 1 fully saturated rings. The maximum absolute atomic E-state index is 5.69. The summed E-state index contributed by atoms with van der Waals surface area (Å²) in [6.45, 7) is 9.99. The van der Waals surface area contributed by atoms with E-state index in [1.807, 2.05) is 0 Å². The highest BCUT2D eigenvalue weighted by Crippen LogP contribution is 2.16. The van der Waals surface area contributed by atoms with E-state index in [0.29, 0.717) is 0 Å². The molecule has 1 N–H and O–H groups in total. The zero-order valence-corrected chi connectivity index (χ0v) is 10.7. The SMILES string of the molecule is CCNCC1CCCN(CC(C)=CCl)C1. The lowest BCUT2D eigenvalue weighted by Crippen LogP contribution is -2.40. The van der Waals surface area contributed by atoms with Gasteiger partial charge in [-0.25, -0.2) is 0 Å². The van der Waals surface area contributed by atoms with Crippen LogP contribution < -0.4 is 5.32 Å². The number of piperidine rings is 1. The molecule has 0 amide bonds. The fraction of sp³-hybridized carbons (Fsp3) is 0.833. The van der Waals surface area contributed by atoms with Crippen molar-refractivity contribution in [1.82, 2.24) is 10.2 Å². The highest BCUT2D eigenvalue weighted by Gasteiger charge is 2.19. The van der Waals surface area contributed by atoms with Gasteiger partial charge in [-0.2, -0.15) is 0 Å². The zero-order chi connectivity index (χ0) is 11.1. The average molecular weight is 231 g/mol. The van der Waals surface area contributed by atoms with Crippen LogP contribution in [0.3, 0.4) is 0 Å². The van der Waals surface area contributed by atoms with Gasteiger partial charge in [0, 0.05) is 18.6 Å². The van der Waals surface area contributed by atoms with Crippen LogP contribution >= 0.6 is 11.6 Å². The maximum Gasteiger partial charge on any atom is 0.0201 e. The van der Waals surface area contributed by atoms with Crippen LogP contribution in [0.1, 0.15) is 26.7 Å². The van der Waals surface area contributed by atoms with Gasteiger partial charge >= 0.3 is 0 Å². The number of rotatable bonds is 5. The predicted molar refractivity (Wildman–Crippen MR) is 67.3 cm³/mol. The van der Waals surface area contributed by atoms with Crippen molar-refractivity contribution in [2.75, 3.05) is 32.7 Å². The summed E-state index contributed by atoms with van der Waals surface area (Å²) in [4.78, 5) is 2.51. The zero-order valence-electron chi connectivity index (χ0n) is 9.93. The average Bonchev–Trinajstić information content (AvgIpc) is 2.26. The Balaban J connectivity index is 2.28. The molecular weight excluding hydrogens is 208 g/mol. The fourth-order valence-electron chi connectivity index (χ4n) is 2.20. The monoisotopic (exact) mass is 230 g/mol. The van der Waals surface area contributed by atoms with E-state index in [4.69, 9.17) is 11.6 Å². The Hall–Kier alpha value is -0.0500. The Labute approximate surface area is 98.7 Å². The highest BCUT2D eigenvalue weighted by molar-refractivity contribution is 6.25. The Kier molecular flexibility index (Phi) is 6.30. The van der Waals surface area contributed by atoms with Crippen molar-refractivity contribution in [3.8, 4) is 0 Å². The summed E-state index contributed by atoms with van der Waals surface area (Å²) in [5.41, 5.74) is 2.97. The van der Waals surface area contributed by atoms with E-state index in [1.165, 1.54) is 31.5 Å². The maximum atomic E-state index is 5.69. The lowest BCUT2D eigenvalue weighted by molar-refractivity contribution is 0.185. The van der Waals surface area contributed by atoms with Gasteiger partial charge < -0.3 is 5.32 Å². The van der Waals surface area contributed by atoms with E-state index >= 15 is 0 Å². The van der Waals surface area contributed by atoms with Crippen LogP contribution in [-0.2, 0) is 0 Å². The third-order valence-electron chi connectivity index (χ3n) is 2.95. The summed E-state index contributed by atoms with van der Waals surface area (Å²) in [6.07, 6.45) is 2.69. The molecule has 88 valence electrons. The standard InChI is InChI=1S/C12H23ClN2/c1-3-14-8-12-5-4-6-15(10-12)9-11(2)7-13/h7,12,14H,3-6,8-10H2,1-2H3. The van der Waals surface area contributed by atoms with Crippen molar-refractivity contribution in [2.24, 2.45) is 5.92 Å². The van der Waals surface area contributed by atoms with Crippen molar-refractivity contribution in [2.45, 2.75) is 26.7 Å². The van der Waals surface area contributed by atoms with Crippen LogP contribution in [0.2, 0.25) is 0 Å². The summed E-state index contributed by atoms with van der Waals surface area (Å²) in [6, 6.07) is 0. The molecule has 1 unspecified atom stereocenters. The molecule has 0 saturated carbocycles. The molecule has 1 atom stereocenters. The van der Waals surface area contributed by atoms with E-state index in [1.54, 1.807) is 5.54 Å². The molecule has 1 heterocycles. The number of hydrogen-bond acceptors (Lipinski definition) is 2. The molecule has 0 radical (unpaired) electrons. The summed E-state index contributed by atoms with van der Waals surface area (Å²) in [5, 5.41) is 3.44. The van der Waals surface area contributed by atoms with E-state index in [9.17, 15) is 0 Å². The van der Waals surface area contributed by atoms with Crippen LogP contribution in [0, 0.1) is 5.92 Å². The second-order valence-corrected chi connectivity index (χ2v) is 4.72. The third kappa shape index (κ3) is 5.01. The Morgan fingerprint density at radius 1 is 1.60 bits per heavy atom. The van der Waals surface area contributed by atoms with E-state index < -0.39 is 0 Å². The second kappa shape index (κ2) is 7.26. The largest absolute Gasteiger partial charge is 0.317 e. The van der Waals surface area contributed by atoms with Gasteiger partial charge in [0.15, 0.2) is 0 Å². The minimum absolute atomic E-state index is 0.821. The minimum Gasteiger partial charge on any atom is -0.317 e. The summed E-state index contributed by atoms with van der Waals surface area (Å²) < 4.78 is 0. The minimum atomic E-state index is 0.821. The summed E-state index contributed by atoms with van der Waals surface area (Å²) in [7, 11) is 0. The number of halogens is 1. The van der Waals surface area contributed by atoms with Crippen molar-refractivity contribution in [3.05, 3.63) is 11.1 Å². The van der Waals surface area contributed by atoms with Gasteiger partial charge in [0.25, 0.3) is 0 Å². The molecule has 2 nitrogen and oxygen atoms in total. The predicted octanol–water partition coefficient (Wildman–Crippen LogP) is 2.45. The molecule has 1 saturated heterocycles. The van der Waals surface area contributed by atoms with Gasteiger partial charge in [-0.1, -0.05) is 18.5 Å². The molecule has 0 bridgehead atoms. The quantitative estimate of drug-likeness (QED) is 0.781. The van der Waals surface area contributed by atoms with Crippen molar-refractivity contribution >= 4 is 11.6 Å². The van der Waals surface area contributed by atoms with Crippen molar-refractivity contribution in [1.29, 1.82) is 0 Å². The smallest absolute Gasteiger partial charge is 0.0201 e. The molecule has 0 aromatic rings. The first kappa shape index (κ1) is 13.0. The molecule has 1 aliphatic rings. The molecule has 0 aromatic carbocycles. The summed E-state index contributed by atoms with van der Waals surface area (Å²) in [5.74, 6) is 0.821. The van der Waals surface area contributed by atoms with Gasteiger partial charge in [0.2, 0.25) is 0 Å². The molecule has 3 heteroatoms. The van der Waals surface area contributed by atoms with E-state index in [-0.39, 0.29) is 0 Å². The van der Waals surface area contributed by atoms with Crippen LogP contribution in [0.15, 0.2) is 11.1 Å². The molecule has 1 rings (SSSR count). The van der Waals surface area contributed by atoms with Gasteiger partial charge in [-0.3, -0.25) is 4.90 Å². The molecular formula is C12H23ClN2. The second-order valence-electron chi connectivity index (χ2n) is 4.51. The number of likely N-dealkylation sites (tertiary alicyclic amines) is 1. The van der Waals surface area contributed by atoms with Crippen LogP contribution in [0.25, 0.3) is 0 Å². The summed E-state index contributed by atoms with van der Waals surface area (Å²) >= 11 is 5.69. The topological polar surface area (TPSA) is 15.3 Å². The Bertz CT molecular complexity index is 204. The third-order valence-corrected chi connectivity index (χ3v) is 3.32. The van der Waals surface area contributed by atoms with Gasteiger partial charge in [-0.15, -0.1) is 0 Å². The number of hydrogen-bond donors (Lipinski definition) is 1. The first-order valence-corrected chi connectivity index (χ1v) is 6.38. The first-order valence-electron chi connectivity index (χ1n) is 5.95. The lowest BCUT2D eigenvalue weighted by atomic mass is 9.97. The lowest BCUT2D eigenvalue weighted by Gasteiger charge is -2.32. The molecule has 0 aromatic heterocycles. The Morgan fingerprint density at radius 3 is 3.07 bits per heavy atom. The highest BCUT2D eigenvalue weighted by atomic mass is 35.5. The van der Waals surface area contributed by atoms with E-state index in [0.717, 1.165) is 25.6 Å². The van der Waals surface area contributed by atoms with E-state index in [2.05, 4.69) is 24.1 Å². The molecule has 0 aliphatic carbocycles. The van der Waals surface area contributed by atoms with Gasteiger partial charge in [-0.05, 0) is 50.9 Å². The number of nitrogens with one attached hydrogen (secondary N) is 1. The molecule has 15 heavy (non-hydrogen) atoms. The number of nitrogens with zero attached hydrogens (tertiary/aromatic N) is 1.